The molecule has 0 radical (unpaired) electrons. The van der Waals surface area contributed by atoms with E-state index in [1.165, 1.54) is 5.75 Å². The summed E-state index contributed by atoms with van der Waals surface area (Å²) >= 11 is 7.17. The molecule has 210 valence electrons. The van der Waals surface area contributed by atoms with Crippen LogP contribution in [0.4, 0.5) is 0 Å². The fraction of sp³-hybridized carbons (Fsp3) is 0.379. The van der Waals surface area contributed by atoms with E-state index in [-0.39, 0.29) is 6.61 Å². The van der Waals surface area contributed by atoms with Gasteiger partial charge in [0.25, 0.3) is 0 Å². The van der Waals surface area contributed by atoms with Gasteiger partial charge >= 0.3 is 11.9 Å². The average Bonchev–Trinajstić information content (AvgIpc) is 2.97. The van der Waals surface area contributed by atoms with Crippen molar-refractivity contribution in [2.24, 2.45) is 0 Å². The minimum absolute atomic E-state index is 0.172. The zero-order chi connectivity index (χ0) is 27.9. The quantitative estimate of drug-likeness (QED) is 0.0933. The molecule has 1 heterocycles. The summed E-state index contributed by atoms with van der Waals surface area (Å²) in [6, 6.07) is 17.2. The summed E-state index contributed by atoms with van der Waals surface area (Å²) in [4.78, 5) is 24.8. The summed E-state index contributed by atoms with van der Waals surface area (Å²) in [5.41, 5.74) is -0.403. The van der Waals surface area contributed by atoms with E-state index in [1.807, 2.05) is 79.0 Å². The first-order valence-corrected chi connectivity index (χ1v) is 16.7. The number of carbonyl (C=O) groups excluding carboxylic acids is 2. The molecule has 2 aromatic carbocycles. The van der Waals surface area contributed by atoms with Gasteiger partial charge < -0.3 is 18.9 Å². The number of esters is 2. The van der Waals surface area contributed by atoms with Gasteiger partial charge in [-0.05, 0) is 31.2 Å². The molecule has 0 amide bonds. The van der Waals surface area contributed by atoms with Crippen molar-refractivity contribution < 1.29 is 28.5 Å². The van der Waals surface area contributed by atoms with E-state index in [9.17, 15) is 9.59 Å². The maximum atomic E-state index is 11.9. The first kappa shape index (κ1) is 31.4. The predicted molar refractivity (Wildman–Crippen MR) is 165 cm³/mol. The molecule has 0 saturated carbocycles. The molecule has 1 aliphatic heterocycles. The molecular weight excluding hydrogens is 573 g/mol. The number of benzene rings is 2. The minimum atomic E-state index is -0.494. The van der Waals surface area contributed by atoms with Gasteiger partial charge in [-0.25, -0.2) is 9.59 Å². The Morgan fingerprint density at radius 2 is 1.77 bits per heavy atom. The van der Waals surface area contributed by atoms with Crippen molar-refractivity contribution in [1.82, 2.24) is 0 Å². The Bertz CT molecular complexity index is 1060. The summed E-state index contributed by atoms with van der Waals surface area (Å²) in [6.45, 7) is 8.98. The second-order valence-electron chi connectivity index (χ2n) is 8.41. The van der Waals surface area contributed by atoms with Gasteiger partial charge in [0, 0.05) is 57.1 Å². The summed E-state index contributed by atoms with van der Waals surface area (Å²) in [5, 5.41) is 0.529. The number of hydrogen-bond donors (Lipinski definition) is 0. The summed E-state index contributed by atoms with van der Waals surface area (Å²) in [7, 11) is 0. The van der Waals surface area contributed by atoms with Crippen LogP contribution in [0.15, 0.2) is 84.8 Å². The highest BCUT2D eigenvalue weighted by Crippen LogP contribution is 2.31. The monoisotopic (exact) mass is 606 g/mol. The van der Waals surface area contributed by atoms with Crippen molar-refractivity contribution in [2.75, 3.05) is 35.4 Å². The molecular formula is C29H34O6S4. The molecule has 39 heavy (non-hydrogen) atoms. The molecule has 6 nitrogen and oxygen atoms in total. The van der Waals surface area contributed by atoms with Crippen LogP contribution in [0.2, 0.25) is 0 Å². The fourth-order valence-corrected chi connectivity index (χ4v) is 8.48. The van der Waals surface area contributed by atoms with E-state index in [0.29, 0.717) is 22.5 Å². The molecule has 3 rings (SSSR count). The third-order valence-corrected chi connectivity index (χ3v) is 10.9. The maximum absolute atomic E-state index is 11.9. The molecule has 10 heteroatoms. The van der Waals surface area contributed by atoms with Gasteiger partial charge in [-0.3, -0.25) is 0 Å². The molecule has 2 aromatic rings. The molecule has 1 saturated heterocycles. The van der Waals surface area contributed by atoms with Crippen LogP contribution < -0.4 is 9.47 Å². The van der Waals surface area contributed by atoms with Gasteiger partial charge in [0.1, 0.15) is 30.3 Å². The maximum Gasteiger partial charge on any atom is 0.330 e. The van der Waals surface area contributed by atoms with Crippen LogP contribution in [0.25, 0.3) is 0 Å². The predicted octanol–water partition coefficient (Wildman–Crippen LogP) is 6.36. The summed E-state index contributed by atoms with van der Waals surface area (Å²) < 4.78 is 23.3. The lowest BCUT2D eigenvalue weighted by Crippen LogP contribution is -2.32. The highest BCUT2D eigenvalue weighted by Gasteiger charge is 2.26. The zero-order valence-corrected chi connectivity index (χ0v) is 25.2. The van der Waals surface area contributed by atoms with Gasteiger partial charge in [-0.15, -0.1) is 23.5 Å². The Kier molecular flexibility index (Phi) is 14.1. The number of thioether (sulfide) groups is 4. The molecule has 0 bridgehead atoms. The van der Waals surface area contributed by atoms with Crippen molar-refractivity contribution in [3.05, 3.63) is 79.9 Å². The molecule has 4 atom stereocenters. The lowest BCUT2D eigenvalue weighted by molar-refractivity contribution is -0.144. The lowest BCUT2D eigenvalue weighted by atomic mass is 10.3. The van der Waals surface area contributed by atoms with Crippen molar-refractivity contribution in [3.63, 3.8) is 0 Å². The van der Waals surface area contributed by atoms with Crippen LogP contribution in [0.5, 0.6) is 11.5 Å². The molecule has 1 fully saturated rings. The summed E-state index contributed by atoms with van der Waals surface area (Å²) in [6.07, 6.45) is 1.35. The topological polar surface area (TPSA) is 71.1 Å². The van der Waals surface area contributed by atoms with Crippen LogP contribution in [0, 0.1) is 0 Å². The fourth-order valence-electron chi connectivity index (χ4n) is 3.38. The summed E-state index contributed by atoms with van der Waals surface area (Å²) in [5.74, 6) is 5.06. The first-order valence-electron chi connectivity index (χ1n) is 12.5. The van der Waals surface area contributed by atoms with Crippen LogP contribution in [0.1, 0.15) is 6.92 Å². The minimum Gasteiger partial charge on any atom is -0.490 e. The largest absolute Gasteiger partial charge is 0.490 e. The van der Waals surface area contributed by atoms with Crippen LogP contribution in [0.3, 0.4) is 0 Å². The Balaban J connectivity index is 1.62. The van der Waals surface area contributed by atoms with E-state index >= 15 is 0 Å². The first-order chi connectivity index (χ1) is 19.0. The second kappa shape index (κ2) is 17.5. The zero-order valence-electron chi connectivity index (χ0n) is 21.9. The van der Waals surface area contributed by atoms with E-state index in [1.54, 1.807) is 29.6 Å². The Labute approximate surface area is 248 Å². The highest BCUT2D eigenvalue weighted by molar-refractivity contribution is 8.08. The Morgan fingerprint density at radius 1 is 1.03 bits per heavy atom. The number of carbonyl (C=O) groups is 2. The van der Waals surface area contributed by atoms with E-state index in [0.717, 1.165) is 34.3 Å². The normalized spacial score (nSPS) is 17.2. The third kappa shape index (κ3) is 11.9. The van der Waals surface area contributed by atoms with E-state index in [2.05, 4.69) is 13.2 Å². The van der Waals surface area contributed by atoms with Crippen LogP contribution in [-0.4, -0.2) is 70.2 Å². The van der Waals surface area contributed by atoms with Gasteiger partial charge in [-0.2, -0.15) is 23.5 Å². The number of ether oxygens (including phenoxy) is 4. The SMILES string of the molecule is C=CC(=O)OC(COc1cccc(OC(SCC2CSCCS2)C(C)OC(=O)C=C)c1)CSc1ccccc1. The average molecular weight is 607 g/mol. The van der Waals surface area contributed by atoms with Crippen LogP contribution in [-0.2, 0) is 19.1 Å². The molecule has 1 aliphatic rings. The van der Waals surface area contributed by atoms with Gasteiger partial charge in [0.05, 0.1) is 0 Å². The molecule has 0 aliphatic carbocycles. The van der Waals surface area contributed by atoms with Gasteiger partial charge in [-0.1, -0.05) is 37.4 Å². The van der Waals surface area contributed by atoms with Crippen molar-refractivity contribution >= 4 is 59.0 Å². The van der Waals surface area contributed by atoms with Crippen molar-refractivity contribution in [3.8, 4) is 11.5 Å². The molecule has 4 unspecified atom stereocenters. The number of rotatable bonds is 16. The smallest absolute Gasteiger partial charge is 0.330 e. The van der Waals surface area contributed by atoms with E-state index < -0.39 is 29.6 Å². The Hall–Kier alpha value is -2.14. The van der Waals surface area contributed by atoms with Gasteiger partial charge in [0.15, 0.2) is 5.44 Å². The molecule has 0 spiro atoms. The standard InChI is InChI=1S/C29H34O6S4/c1-4-27(30)33-21(3)29(39-20-26-19-36-14-15-37-26)35-23-11-9-10-22(16-23)32-17-24(34-28(31)5-2)18-38-25-12-7-6-8-13-25/h4-13,16,21,24,26,29H,1-2,14-15,17-20H2,3H3. The second-order valence-corrected chi connectivity index (χ2v) is 13.2. The number of hydrogen-bond acceptors (Lipinski definition) is 10. The van der Waals surface area contributed by atoms with Crippen molar-refractivity contribution in [2.45, 2.75) is 34.7 Å². The molecule has 0 aromatic heterocycles. The van der Waals surface area contributed by atoms with Gasteiger partial charge in [0.2, 0.25) is 0 Å². The molecule has 0 N–H and O–H groups in total. The highest BCUT2D eigenvalue weighted by atomic mass is 32.2. The third-order valence-electron chi connectivity index (χ3n) is 5.31. The van der Waals surface area contributed by atoms with Crippen molar-refractivity contribution in [1.29, 1.82) is 0 Å². The van der Waals surface area contributed by atoms with Crippen LogP contribution >= 0.6 is 47.0 Å². The lowest BCUT2D eigenvalue weighted by Gasteiger charge is -2.27. The Morgan fingerprint density at radius 3 is 2.49 bits per heavy atom. The van der Waals surface area contributed by atoms with E-state index in [4.69, 9.17) is 18.9 Å².